The maximum Gasteiger partial charge on any atom is 0.0595 e. The van der Waals surface area contributed by atoms with Gasteiger partial charge in [-0.3, -0.25) is 4.98 Å². The summed E-state index contributed by atoms with van der Waals surface area (Å²) in [7, 11) is 0. The second-order valence-corrected chi connectivity index (χ2v) is 5.62. The van der Waals surface area contributed by atoms with Crippen LogP contribution in [0.25, 0.3) is 0 Å². The van der Waals surface area contributed by atoms with Crippen LogP contribution in [0, 0.1) is 13.8 Å². The standard InChI is InChI=1S/C17H21ClN2/c1-4-6-20-17(16-11-19-7-5-13(16)3)14-8-12(2)9-15(18)10-14/h5,7-11,17,20H,4,6H2,1-3H3. The number of benzene rings is 1. The molecule has 0 amide bonds. The number of hydrogen-bond donors (Lipinski definition) is 1. The smallest absolute Gasteiger partial charge is 0.0595 e. The predicted molar refractivity (Wildman–Crippen MR) is 85.3 cm³/mol. The van der Waals surface area contributed by atoms with E-state index in [1.807, 2.05) is 30.6 Å². The van der Waals surface area contributed by atoms with Crippen LogP contribution in [-0.4, -0.2) is 11.5 Å². The van der Waals surface area contributed by atoms with E-state index in [1.165, 1.54) is 22.3 Å². The number of halogens is 1. The molecule has 106 valence electrons. The molecule has 1 aromatic heterocycles. The van der Waals surface area contributed by atoms with Crippen molar-refractivity contribution in [2.24, 2.45) is 0 Å². The van der Waals surface area contributed by atoms with Gasteiger partial charge in [0.25, 0.3) is 0 Å². The van der Waals surface area contributed by atoms with Gasteiger partial charge >= 0.3 is 0 Å². The number of rotatable bonds is 5. The molecule has 0 aliphatic carbocycles. The lowest BCUT2D eigenvalue weighted by Crippen LogP contribution is -2.24. The van der Waals surface area contributed by atoms with E-state index in [0.717, 1.165) is 18.0 Å². The molecule has 3 heteroatoms. The Kier molecular flexibility index (Phi) is 5.16. The second-order valence-electron chi connectivity index (χ2n) is 5.18. The van der Waals surface area contributed by atoms with Crippen LogP contribution in [0.2, 0.25) is 5.02 Å². The lowest BCUT2D eigenvalue weighted by molar-refractivity contribution is 0.594. The van der Waals surface area contributed by atoms with E-state index in [9.17, 15) is 0 Å². The largest absolute Gasteiger partial charge is 0.306 e. The van der Waals surface area contributed by atoms with Gasteiger partial charge in [0.15, 0.2) is 0 Å². The van der Waals surface area contributed by atoms with Gasteiger partial charge in [0.05, 0.1) is 6.04 Å². The first-order valence-corrected chi connectivity index (χ1v) is 7.40. The molecule has 2 aromatic rings. The molecule has 0 saturated carbocycles. The zero-order chi connectivity index (χ0) is 14.5. The lowest BCUT2D eigenvalue weighted by atomic mass is 9.95. The topological polar surface area (TPSA) is 24.9 Å². The van der Waals surface area contributed by atoms with Crippen molar-refractivity contribution in [1.82, 2.24) is 10.3 Å². The van der Waals surface area contributed by atoms with Gasteiger partial charge in [0.2, 0.25) is 0 Å². The Morgan fingerprint density at radius 2 is 2.05 bits per heavy atom. The zero-order valence-electron chi connectivity index (χ0n) is 12.3. The fourth-order valence-electron chi connectivity index (χ4n) is 2.41. The number of aryl methyl sites for hydroxylation is 2. The minimum absolute atomic E-state index is 0.140. The summed E-state index contributed by atoms with van der Waals surface area (Å²) in [6.45, 7) is 7.32. The minimum Gasteiger partial charge on any atom is -0.306 e. The van der Waals surface area contributed by atoms with Gasteiger partial charge in [0, 0.05) is 17.4 Å². The average molecular weight is 289 g/mol. The van der Waals surface area contributed by atoms with Crippen molar-refractivity contribution in [3.8, 4) is 0 Å². The highest BCUT2D eigenvalue weighted by atomic mass is 35.5. The fraction of sp³-hybridized carbons (Fsp3) is 0.353. The second kappa shape index (κ2) is 6.87. The SMILES string of the molecule is CCCNC(c1cc(C)cc(Cl)c1)c1cnccc1C. The third-order valence-corrected chi connectivity index (χ3v) is 3.61. The van der Waals surface area contributed by atoms with E-state index < -0.39 is 0 Å². The molecular weight excluding hydrogens is 268 g/mol. The Bertz CT molecular complexity index is 561. The van der Waals surface area contributed by atoms with Gasteiger partial charge in [-0.05, 0) is 67.3 Å². The average Bonchev–Trinajstić information content (AvgIpc) is 2.40. The Balaban J connectivity index is 2.44. The monoisotopic (exact) mass is 288 g/mol. The summed E-state index contributed by atoms with van der Waals surface area (Å²) in [4.78, 5) is 4.27. The summed E-state index contributed by atoms with van der Waals surface area (Å²) in [5.41, 5.74) is 4.82. The summed E-state index contributed by atoms with van der Waals surface area (Å²) in [6, 6.07) is 8.40. The van der Waals surface area contributed by atoms with Gasteiger partial charge < -0.3 is 5.32 Å². The highest BCUT2D eigenvalue weighted by Gasteiger charge is 2.16. The molecule has 0 fully saturated rings. The van der Waals surface area contributed by atoms with Gasteiger partial charge in [-0.15, -0.1) is 0 Å². The number of hydrogen-bond acceptors (Lipinski definition) is 2. The summed E-state index contributed by atoms with van der Waals surface area (Å²) >= 11 is 6.21. The first kappa shape index (κ1) is 15.0. The van der Waals surface area contributed by atoms with Gasteiger partial charge in [-0.2, -0.15) is 0 Å². The van der Waals surface area contributed by atoms with Crippen LogP contribution in [-0.2, 0) is 0 Å². The maximum atomic E-state index is 6.21. The zero-order valence-corrected chi connectivity index (χ0v) is 13.0. The predicted octanol–water partition coefficient (Wildman–Crippen LogP) is 4.44. The molecular formula is C17H21ClN2. The molecule has 0 saturated heterocycles. The van der Waals surface area contributed by atoms with Gasteiger partial charge in [0.1, 0.15) is 0 Å². The molecule has 0 spiro atoms. The lowest BCUT2D eigenvalue weighted by Gasteiger charge is -2.21. The molecule has 1 atom stereocenters. The number of aromatic nitrogens is 1. The van der Waals surface area contributed by atoms with Crippen molar-refractivity contribution in [2.45, 2.75) is 33.2 Å². The summed E-state index contributed by atoms with van der Waals surface area (Å²) in [5.74, 6) is 0. The van der Waals surface area contributed by atoms with Crippen molar-refractivity contribution < 1.29 is 0 Å². The molecule has 2 nitrogen and oxygen atoms in total. The molecule has 2 rings (SSSR count). The Labute approximate surface area is 126 Å². The molecule has 0 aliphatic rings. The third kappa shape index (κ3) is 3.59. The molecule has 1 N–H and O–H groups in total. The van der Waals surface area contributed by atoms with E-state index in [-0.39, 0.29) is 6.04 Å². The van der Waals surface area contributed by atoms with Crippen molar-refractivity contribution in [2.75, 3.05) is 6.54 Å². The molecule has 1 unspecified atom stereocenters. The molecule has 0 aliphatic heterocycles. The molecule has 1 heterocycles. The van der Waals surface area contributed by atoms with Crippen LogP contribution >= 0.6 is 11.6 Å². The quantitative estimate of drug-likeness (QED) is 0.880. The van der Waals surface area contributed by atoms with E-state index in [1.54, 1.807) is 0 Å². The fourth-order valence-corrected chi connectivity index (χ4v) is 2.70. The van der Waals surface area contributed by atoms with E-state index >= 15 is 0 Å². The number of pyridine rings is 1. The number of nitrogens with zero attached hydrogens (tertiary/aromatic N) is 1. The van der Waals surface area contributed by atoms with Gasteiger partial charge in [-0.25, -0.2) is 0 Å². The van der Waals surface area contributed by atoms with E-state index in [0.29, 0.717) is 0 Å². The Morgan fingerprint density at radius 3 is 2.70 bits per heavy atom. The molecule has 20 heavy (non-hydrogen) atoms. The summed E-state index contributed by atoms with van der Waals surface area (Å²) in [6.07, 6.45) is 4.87. The van der Waals surface area contributed by atoms with Crippen LogP contribution in [0.5, 0.6) is 0 Å². The summed E-state index contributed by atoms with van der Waals surface area (Å²) in [5, 5.41) is 4.38. The first-order valence-electron chi connectivity index (χ1n) is 7.02. The number of nitrogens with one attached hydrogen (secondary N) is 1. The van der Waals surface area contributed by atoms with Crippen molar-refractivity contribution in [3.63, 3.8) is 0 Å². The van der Waals surface area contributed by atoms with Gasteiger partial charge in [-0.1, -0.05) is 24.6 Å². The summed E-state index contributed by atoms with van der Waals surface area (Å²) < 4.78 is 0. The third-order valence-electron chi connectivity index (χ3n) is 3.39. The Morgan fingerprint density at radius 1 is 1.25 bits per heavy atom. The van der Waals surface area contributed by atoms with Crippen molar-refractivity contribution in [1.29, 1.82) is 0 Å². The molecule has 1 aromatic carbocycles. The highest BCUT2D eigenvalue weighted by Crippen LogP contribution is 2.27. The Hall–Kier alpha value is -1.38. The van der Waals surface area contributed by atoms with Crippen LogP contribution in [0.15, 0.2) is 36.7 Å². The van der Waals surface area contributed by atoms with Crippen LogP contribution in [0.1, 0.15) is 41.6 Å². The highest BCUT2D eigenvalue weighted by molar-refractivity contribution is 6.30. The molecule has 0 radical (unpaired) electrons. The van der Waals surface area contributed by atoms with Crippen LogP contribution < -0.4 is 5.32 Å². The maximum absolute atomic E-state index is 6.21. The van der Waals surface area contributed by atoms with E-state index in [2.05, 4.69) is 37.1 Å². The van der Waals surface area contributed by atoms with E-state index in [4.69, 9.17) is 11.6 Å². The van der Waals surface area contributed by atoms with Crippen molar-refractivity contribution >= 4 is 11.6 Å². The van der Waals surface area contributed by atoms with Crippen molar-refractivity contribution in [3.05, 3.63) is 63.9 Å². The minimum atomic E-state index is 0.140. The van der Waals surface area contributed by atoms with Crippen LogP contribution in [0.3, 0.4) is 0 Å². The molecule has 0 bridgehead atoms. The normalized spacial score (nSPS) is 12.4. The first-order chi connectivity index (χ1) is 9.61. The van der Waals surface area contributed by atoms with Crippen LogP contribution in [0.4, 0.5) is 0 Å².